The van der Waals surface area contributed by atoms with Crippen LogP contribution in [0.1, 0.15) is 22.3 Å². The van der Waals surface area contributed by atoms with E-state index in [0.717, 1.165) is 23.3 Å². The van der Waals surface area contributed by atoms with Gasteiger partial charge in [0.25, 0.3) is 0 Å². The number of aliphatic hydroxyl groups excluding tert-OH is 1. The van der Waals surface area contributed by atoms with Gasteiger partial charge in [0.15, 0.2) is 0 Å². The van der Waals surface area contributed by atoms with Crippen LogP contribution < -0.4 is 0 Å². The van der Waals surface area contributed by atoms with Gasteiger partial charge < -0.3 is 5.11 Å². The van der Waals surface area contributed by atoms with Crippen molar-refractivity contribution in [3.05, 3.63) is 70.8 Å². The van der Waals surface area contributed by atoms with Crippen LogP contribution >= 0.6 is 0 Å². The molecule has 0 spiro atoms. The predicted octanol–water partition coefficient (Wildman–Crippen LogP) is 3.65. The van der Waals surface area contributed by atoms with Crippen molar-refractivity contribution in [2.75, 3.05) is 0 Å². The first-order chi connectivity index (χ1) is 10.4. The maximum Gasteiger partial charge on any atom is 0.416 e. The first-order valence-electron chi connectivity index (χ1n) is 6.58. The smallest absolute Gasteiger partial charge is 0.392 e. The van der Waals surface area contributed by atoms with E-state index in [2.05, 4.69) is 0 Å². The monoisotopic (exact) mass is 328 g/mol. The van der Waals surface area contributed by atoms with Crippen LogP contribution in [-0.4, -0.2) is 9.32 Å². The third-order valence-corrected chi connectivity index (χ3v) is 4.45. The molecule has 0 saturated heterocycles. The predicted molar refractivity (Wildman–Crippen MR) is 79.4 cm³/mol. The quantitative estimate of drug-likeness (QED) is 0.910. The molecule has 1 unspecified atom stereocenters. The van der Waals surface area contributed by atoms with Gasteiger partial charge >= 0.3 is 6.18 Å². The van der Waals surface area contributed by atoms with Gasteiger partial charge in [-0.15, -0.1) is 0 Å². The summed E-state index contributed by atoms with van der Waals surface area (Å²) < 4.78 is 49.4. The third kappa shape index (κ3) is 4.68. The highest BCUT2D eigenvalue weighted by Crippen LogP contribution is 2.29. The zero-order valence-electron chi connectivity index (χ0n) is 11.6. The largest absolute Gasteiger partial charge is 0.416 e. The van der Waals surface area contributed by atoms with Crippen molar-refractivity contribution in [2.45, 2.75) is 24.3 Å². The highest BCUT2D eigenvalue weighted by atomic mass is 32.2. The zero-order valence-corrected chi connectivity index (χ0v) is 12.5. The lowest BCUT2D eigenvalue weighted by atomic mass is 10.1. The minimum absolute atomic E-state index is 0.0467. The second-order valence-corrected chi connectivity index (χ2v) is 6.35. The van der Waals surface area contributed by atoms with Crippen LogP contribution in [0.3, 0.4) is 0 Å². The molecule has 118 valence electrons. The van der Waals surface area contributed by atoms with Gasteiger partial charge in [-0.1, -0.05) is 36.4 Å². The van der Waals surface area contributed by atoms with Crippen LogP contribution in [-0.2, 0) is 35.1 Å². The summed E-state index contributed by atoms with van der Waals surface area (Å²) in [5.74, 6) is 0.534. The molecule has 2 aromatic carbocycles. The molecule has 0 bridgehead atoms. The number of aliphatic hydroxyl groups is 1. The zero-order chi connectivity index (χ0) is 16.2. The topological polar surface area (TPSA) is 37.3 Å². The van der Waals surface area contributed by atoms with E-state index in [1.165, 1.54) is 12.1 Å². The average Bonchev–Trinajstić information content (AvgIpc) is 2.47. The minimum Gasteiger partial charge on any atom is -0.392 e. The van der Waals surface area contributed by atoms with Gasteiger partial charge in [-0.3, -0.25) is 4.21 Å². The highest BCUT2D eigenvalue weighted by Gasteiger charge is 2.29. The van der Waals surface area contributed by atoms with E-state index in [1.54, 1.807) is 24.3 Å². The molecule has 0 aliphatic rings. The molecule has 6 heteroatoms. The number of rotatable bonds is 5. The third-order valence-electron chi connectivity index (χ3n) is 3.14. The van der Waals surface area contributed by atoms with Crippen molar-refractivity contribution in [1.29, 1.82) is 0 Å². The fourth-order valence-electron chi connectivity index (χ4n) is 1.95. The summed E-state index contributed by atoms with van der Waals surface area (Å²) in [6.07, 6.45) is -4.36. The van der Waals surface area contributed by atoms with Crippen LogP contribution in [0.25, 0.3) is 0 Å². The second kappa shape index (κ2) is 7.07. The van der Waals surface area contributed by atoms with Crippen molar-refractivity contribution >= 4 is 10.8 Å². The molecule has 2 nitrogen and oxygen atoms in total. The van der Waals surface area contributed by atoms with Gasteiger partial charge in [0.2, 0.25) is 0 Å². The summed E-state index contributed by atoms with van der Waals surface area (Å²) in [7, 11) is -1.20. The SMILES string of the molecule is O=S(Cc1ccc(CO)cc1)Cc1ccc(C(F)(F)F)cc1. The fraction of sp³-hybridized carbons (Fsp3) is 0.250. The first kappa shape index (κ1) is 16.7. The Kier molecular flexibility index (Phi) is 5.37. The molecule has 0 aliphatic heterocycles. The number of hydrogen-bond acceptors (Lipinski definition) is 2. The molecule has 0 heterocycles. The normalized spacial score (nSPS) is 13.1. The Labute approximate surface area is 129 Å². The Hall–Kier alpha value is -1.66. The molecule has 2 aromatic rings. The molecular formula is C16H15F3O2S. The highest BCUT2D eigenvalue weighted by molar-refractivity contribution is 7.83. The summed E-state index contributed by atoms with van der Waals surface area (Å²) in [5, 5.41) is 8.94. The van der Waals surface area contributed by atoms with Gasteiger partial charge in [0, 0.05) is 22.3 Å². The maximum absolute atomic E-state index is 12.5. The molecular weight excluding hydrogens is 313 g/mol. The molecule has 0 fully saturated rings. The van der Waals surface area contributed by atoms with E-state index >= 15 is 0 Å². The molecule has 0 radical (unpaired) electrons. The minimum atomic E-state index is -4.36. The van der Waals surface area contributed by atoms with Gasteiger partial charge in [0.1, 0.15) is 0 Å². The molecule has 1 atom stereocenters. The molecule has 0 saturated carbocycles. The Morgan fingerprint density at radius 3 is 1.64 bits per heavy atom. The van der Waals surface area contributed by atoms with Crippen molar-refractivity contribution in [1.82, 2.24) is 0 Å². The van der Waals surface area contributed by atoms with Crippen molar-refractivity contribution in [2.24, 2.45) is 0 Å². The van der Waals surface area contributed by atoms with E-state index in [-0.39, 0.29) is 12.4 Å². The Morgan fingerprint density at radius 2 is 1.23 bits per heavy atom. The van der Waals surface area contributed by atoms with Crippen molar-refractivity contribution in [3.63, 3.8) is 0 Å². The van der Waals surface area contributed by atoms with Crippen molar-refractivity contribution in [3.8, 4) is 0 Å². The Morgan fingerprint density at radius 1 is 0.818 bits per heavy atom. The number of hydrogen-bond donors (Lipinski definition) is 1. The second-order valence-electron chi connectivity index (χ2n) is 4.90. The summed E-state index contributed by atoms with van der Waals surface area (Å²) in [6.45, 7) is -0.0467. The molecule has 22 heavy (non-hydrogen) atoms. The average molecular weight is 328 g/mol. The van der Waals surface area contributed by atoms with Gasteiger partial charge in [-0.2, -0.15) is 13.2 Å². The van der Waals surface area contributed by atoms with Gasteiger partial charge in [-0.25, -0.2) is 0 Å². The molecule has 0 aliphatic carbocycles. The number of alkyl halides is 3. The van der Waals surface area contributed by atoms with Crippen LogP contribution in [0, 0.1) is 0 Å². The summed E-state index contributed by atoms with van der Waals surface area (Å²) >= 11 is 0. The summed E-state index contributed by atoms with van der Waals surface area (Å²) in [4.78, 5) is 0. The van der Waals surface area contributed by atoms with Crippen LogP contribution in [0.15, 0.2) is 48.5 Å². The fourth-order valence-corrected chi connectivity index (χ4v) is 3.18. The van der Waals surface area contributed by atoms with E-state index in [4.69, 9.17) is 5.11 Å². The lowest BCUT2D eigenvalue weighted by Gasteiger charge is -2.08. The van der Waals surface area contributed by atoms with E-state index in [1.807, 2.05) is 0 Å². The summed E-state index contributed by atoms with van der Waals surface area (Å²) in [6, 6.07) is 11.8. The van der Waals surface area contributed by atoms with E-state index in [9.17, 15) is 17.4 Å². The first-order valence-corrected chi connectivity index (χ1v) is 8.07. The Balaban J connectivity index is 1.96. The van der Waals surface area contributed by atoms with Crippen LogP contribution in [0.4, 0.5) is 13.2 Å². The lowest BCUT2D eigenvalue weighted by molar-refractivity contribution is -0.137. The van der Waals surface area contributed by atoms with E-state index < -0.39 is 22.5 Å². The lowest BCUT2D eigenvalue weighted by Crippen LogP contribution is -2.05. The maximum atomic E-state index is 12.5. The number of halogens is 3. The van der Waals surface area contributed by atoms with Crippen molar-refractivity contribution < 1.29 is 22.5 Å². The van der Waals surface area contributed by atoms with Crippen LogP contribution in [0.2, 0.25) is 0 Å². The van der Waals surface area contributed by atoms with Gasteiger partial charge in [0.05, 0.1) is 12.2 Å². The van der Waals surface area contributed by atoms with E-state index in [0.29, 0.717) is 11.3 Å². The number of benzene rings is 2. The molecule has 0 aromatic heterocycles. The van der Waals surface area contributed by atoms with Gasteiger partial charge in [-0.05, 0) is 28.8 Å². The standard InChI is InChI=1S/C16H15F3O2S/c17-16(18,19)15-7-5-14(6-8-15)11-22(21)10-13-3-1-12(9-20)2-4-13/h1-8,20H,9-11H2. The molecule has 2 rings (SSSR count). The molecule has 1 N–H and O–H groups in total. The summed E-state index contributed by atoms with van der Waals surface area (Å²) in [5.41, 5.74) is 1.54. The Bertz CT molecular complexity index is 634. The van der Waals surface area contributed by atoms with Crippen LogP contribution in [0.5, 0.6) is 0 Å². The molecule has 0 amide bonds.